The van der Waals surface area contributed by atoms with Crippen LogP contribution in [-0.2, 0) is 0 Å². The van der Waals surface area contributed by atoms with Crippen molar-refractivity contribution in [3.8, 4) is 0 Å². The van der Waals surface area contributed by atoms with Crippen LogP contribution in [0.3, 0.4) is 0 Å². The van der Waals surface area contributed by atoms with Gasteiger partial charge < -0.3 is 10.2 Å². The maximum Gasteiger partial charge on any atom is 0.0660 e. The van der Waals surface area contributed by atoms with Crippen molar-refractivity contribution >= 4 is 23.5 Å². The molecular formula is C16H28O2S2. The van der Waals surface area contributed by atoms with E-state index < -0.39 is 0 Å². The molecule has 1 saturated heterocycles. The summed E-state index contributed by atoms with van der Waals surface area (Å²) in [4.78, 5) is 0. The van der Waals surface area contributed by atoms with E-state index in [-0.39, 0.29) is 16.3 Å². The van der Waals surface area contributed by atoms with E-state index in [1.54, 1.807) is 0 Å². The largest absolute Gasteiger partial charge is 0.393 e. The Hall–Kier alpha value is 0.100. The van der Waals surface area contributed by atoms with E-state index in [9.17, 15) is 10.2 Å². The molecular weight excluding hydrogens is 288 g/mol. The zero-order valence-corrected chi connectivity index (χ0v) is 13.9. The van der Waals surface area contributed by atoms with Gasteiger partial charge >= 0.3 is 0 Å². The third kappa shape index (κ3) is 6.70. The SMILES string of the molecule is C=CCCC(O)CC1(CC(O)CCC=C)SCCCS1. The first-order valence-electron chi connectivity index (χ1n) is 7.48. The Labute approximate surface area is 132 Å². The van der Waals surface area contributed by atoms with Crippen LogP contribution < -0.4 is 0 Å². The van der Waals surface area contributed by atoms with E-state index in [4.69, 9.17) is 0 Å². The number of rotatable bonds is 10. The van der Waals surface area contributed by atoms with E-state index in [1.807, 2.05) is 35.7 Å². The molecule has 0 aromatic heterocycles. The Bertz CT molecular complexity index is 266. The van der Waals surface area contributed by atoms with Crippen LogP contribution in [0.15, 0.2) is 25.3 Å². The summed E-state index contributed by atoms with van der Waals surface area (Å²) in [6, 6.07) is 0. The van der Waals surface area contributed by atoms with Gasteiger partial charge in [-0.2, -0.15) is 0 Å². The van der Waals surface area contributed by atoms with Crippen molar-refractivity contribution in [2.75, 3.05) is 11.5 Å². The molecule has 0 radical (unpaired) electrons. The van der Waals surface area contributed by atoms with Crippen LogP contribution in [0.5, 0.6) is 0 Å². The van der Waals surface area contributed by atoms with Crippen molar-refractivity contribution in [3.63, 3.8) is 0 Å². The fourth-order valence-electron chi connectivity index (χ4n) is 2.48. The summed E-state index contributed by atoms with van der Waals surface area (Å²) in [5, 5.41) is 20.4. The zero-order chi connectivity index (χ0) is 14.8. The Morgan fingerprint density at radius 1 is 0.950 bits per heavy atom. The normalized spacial score (nSPS) is 21.1. The summed E-state index contributed by atoms with van der Waals surface area (Å²) < 4.78 is -0.0145. The fraction of sp³-hybridized carbons (Fsp3) is 0.750. The summed E-state index contributed by atoms with van der Waals surface area (Å²) in [5.41, 5.74) is 0. The topological polar surface area (TPSA) is 40.5 Å². The minimum Gasteiger partial charge on any atom is -0.393 e. The predicted molar refractivity (Wildman–Crippen MR) is 92.4 cm³/mol. The molecule has 1 heterocycles. The van der Waals surface area contributed by atoms with E-state index in [2.05, 4.69) is 13.2 Å². The number of aliphatic hydroxyl groups is 2. The van der Waals surface area contributed by atoms with Crippen LogP contribution >= 0.6 is 23.5 Å². The van der Waals surface area contributed by atoms with E-state index >= 15 is 0 Å². The Morgan fingerprint density at radius 3 is 1.80 bits per heavy atom. The van der Waals surface area contributed by atoms with Gasteiger partial charge in [-0.3, -0.25) is 0 Å². The van der Waals surface area contributed by atoms with Gasteiger partial charge in [0.15, 0.2) is 0 Å². The monoisotopic (exact) mass is 316 g/mol. The van der Waals surface area contributed by atoms with Crippen molar-refractivity contribution in [2.24, 2.45) is 0 Å². The van der Waals surface area contributed by atoms with Crippen LogP contribution in [0.2, 0.25) is 0 Å². The van der Waals surface area contributed by atoms with E-state index in [0.717, 1.165) is 50.0 Å². The highest BCUT2D eigenvalue weighted by molar-refractivity contribution is 8.18. The maximum absolute atomic E-state index is 10.2. The molecule has 0 aliphatic carbocycles. The molecule has 0 saturated carbocycles. The molecule has 2 N–H and O–H groups in total. The molecule has 2 nitrogen and oxygen atoms in total. The molecule has 1 aliphatic heterocycles. The van der Waals surface area contributed by atoms with Crippen LogP contribution in [0.25, 0.3) is 0 Å². The molecule has 0 bridgehead atoms. The molecule has 1 aliphatic rings. The van der Waals surface area contributed by atoms with Crippen molar-refractivity contribution < 1.29 is 10.2 Å². The highest BCUT2D eigenvalue weighted by atomic mass is 32.2. The zero-order valence-electron chi connectivity index (χ0n) is 12.3. The van der Waals surface area contributed by atoms with Gasteiger partial charge in [-0.15, -0.1) is 36.7 Å². The van der Waals surface area contributed by atoms with Crippen LogP contribution in [0, 0.1) is 0 Å². The summed E-state index contributed by atoms with van der Waals surface area (Å²) in [6.07, 6.45) is 9.13. The Balaban J connectivity index is 2.55. The third-order valence-corrected chi connectivity index (χ3v) is 6.93. The average Bonchev–Trinajstić information content (AvgIpc) is 2.43. The lowest BCUT2D eigenvalue weighted by atomic mass is 10.0. The highest BCUT2D eigenvalue weighted by Gasteiger charge is 2.37. The van der Waals surface area contributed by atoms with Gasteiger partial charge in [-0.05, 0) is 56.5 Å². The lowest BCUT2D eigenvalue weighted by molar-refractivity contribution is 0.123. The molecule has 2 unspecified atom stereocenters. The molecule has 1 rings (SSSR count). The lowest BCUT2D eigenvalue weighted by Gasteiger charge is -2.39. The molecule has 0 aromatic carbocycles. The standard InChI is InChI=1S/C16H28O2S2/c1-3-5-8-14(17)12-16(19-10-7-11-20-16)13-15(18)9-6-4-2/h3-4,14-15,17-18H,1-2,5-13H2. The summed E-state index contributed by atoms with van der Waals surface area (Å²) in [6.45, 7) is 7.42. The van der Waals surface area contributed by atoms with Crippen molar-refractivity contribution in [3.05, 3.63) is 25.3 Å². The summed E-state index contributed by atoms with van der Waals surface area (Å²) in [5.74, 6) is 2.27. The van der Waals surface area contributed by atoms with Crippen molar-refractivity contribution in [1.29, 1.82) is 0 Å². The number of thioether (sulfide) groups is 2. The fourth-order valence-corrected chi connectivity index (χ4v) is 6.06. The van der Waals surface area contributed by atoms with Crippen LogP contribution in [-0.4, -0.2) is 38.0 Å². The molecule has 4 heteroatoms. The second-order valence-electron chi connectivity index (χ2n) is 5.41. The van der Waals surface area contributed by atoms with Gasteiger partial charge in [0.05, 0.1) is 16.3 Å². The first-order valence-corrected chi connectivity index (χ1v) is 9.45. The molecule has 116 valence electrons. The summed E-state index contributed by atoms with van der Waals surface area (Å²) in [7, 11) is 0. The van der Waals surface area contributed by atoms with Gasteiger partial charge in [0, 0.05) is 0 Å². The third-order valence-electron chi connectivity index (χ3n) is 3.52. The second kappa shape index (κ2) is 9.93. The molecule has 0 aromatic rings. The average molecular weight is 317 g/mol. The predicted octanol–water partition coefficient (Wildman–Crippen LogP) is 3.99. The second-order valence-corrected chi connectivity index (χ2v) is 8.62. The van der Waals surface area contributed by atoms with Crippen LogP contribution in [0.4, 0.5) is 0 Å². The minimum absolute atomic E-state index is 0.0145. The molecule has 0 spiro atoms. The van der Waals surface area contributed by atoms with Crippen molar-refractivity contribution in [1.82, 2.24) is 0 Å². The number of aliphatic hydroxyl groups excluding tert-OH is 2. The highest BCUT2D eigenvalue weighted by Crippen LogP contribution is 2.49. The smallest absolute Gasteiger partial charge is 0.0660 e. The molecule has 1 fully saturated rings. The van der Waals surface area contributed by atoms with E-state index in [0.29, 0.717) is 0 Å². The Kier molecular flexibility index (Phi) is 9.01. The van der Waals surface area contributed by atoms with Gasteiger partial charge in [0.25, 0.3) is 0 Å². The van der Waals surface area contributed by atoms with E-state index in [1.165, 1.54) is 6.42 Å². The van der Waals surface area contributed by atoms with Gasteiger partial charge in [0.2, 0.25) is 0 Å². The van der Waals surface area contributed by atoms with Gasteiger partial charge in [-0.25, -0.2) is 0 Å². The number of hydrogen-bond acceptors (Lipinski definition) is 4. The van der Waals surface area contributed by atoms with Gasteiger partial charge in [0.1, 0.15) is 0 Å². The number of hydrogen-bond donors (Lipinski definition) is 2. The van der Waals surface area contributed by atoms with Crippen LogP contribution in [0.1, 0.15) is 44.9 Å². The maximum atomic E-state index is 10.2. The minimum atomic E-state index is -0.294. The first kappa shape index (κ1) is 18.1. The van der Waals surface area contributed by atoms with Crippen molar-refractivity contribution in [2.45, 2.75) is 61.2 Å². The molecule has 2 atom stereocenters. The lowest BCUT2D eigenvalue weighted by Crippen LogP contribution is -2.34. The summed E-state index contributed by atoms with van der Waals surface area (Å²) >= 11 is 3.85. The first-order chi connectivity index (χ1) is 9.62. The molecule has 20 heavy (non-hydrogen) atoms. The quantitative estimate of drug-likeness (QED) is 0.598. The molecule has 0 amide bonds. The Morgan fingerprint density at radius 2 is 1.40 bits per heavy atom. The van der Waals surface area contributed by atoms with Gasteiger partial charge in [-0.1, -0.05) is 12.2 Å². The number of allylic oxidation sites excluding steroid dienone is 2.